The van der Waals surface area contributed by atoms with Crippen molar-refractivity contribution in [1.29, 1.82) is 0 Å². The molecule has 0 aliphatic carbocycles. The van der Waals surface area contributed by atoms with Crippen LogP contribution >= 0.6 is 0 Å². The lowest BCUT2D eigenvalue weighted by Gasteiger charge is -2.38. The largest absolute Gasteiger partial charge is 0.391 e. The summed E-state index contributed by atoms with van der Waals surface area (Å²) in [6.07, 6.45) is 2.93. The third kappa shape index (κ3) is 7.06. The maximum Gasteiger partial charge on any atom is 0.246 e. The van der Waals surface area contributed by atoms with Crippen LogP contribution in [-0.4, -0.2) is 83.5 Å². The van der Waals surface area contributed by atoms with Crippen LogP contribution in [0.4, 0.5) is 0 Å². The van der Waals surface area contributed by atoms with Crippen LogP contribution in [0.3, 0.4) is 0 Å². The molecule has 0 aromatic heterocycles. The fraction of sp³-hybridized carbons (Fsp3) is 0.475. The standard InChI is InChI=1S/C40H50N4O4/c1-27-8-14-31(15-9-27)40(32-16-10-28(2)11-17-32,33-18-12-29(3)13-19-33)23-37(46)44-26-34(45)22-36(44)39(48)43-21-5-7-35(43)38(47)42-25-30-6-4-20-41-24-30/h8-19,30,34-36,41,45H,4-7,20-26H2,1-3H3,(H,42,47)/t30-,34+,35+,36-/m0/s1. The molecule has 3 amide bonds. The van der Waals surface area contributed by atoms with Gasteiger partial charge in [-0.3, -0.25) is 14.4 Å². The number of piperidine rings is 1. The maximum absolute atomic E-state index is 14.7. The molecular weight excluding hydrogens is 600 g/mol. The number of likely N-dealkylation sites (tertiary alicyclic amines) is 2. The number of rotatable bonds is 9. The summed E-state index contributed by atoms with van der Waals surface area (Å²) in [4.78, 5) is 45.6. The number of hydrogen-bond acceptors (Lipinski definition) is 5. The molecule has 3 aromatic carbocycles. The van der Waals surface area contributed by atoms with Gasteiger partial charge in [-0.15, -0.1) is 0 Å². The van der Waals surface area contributed by atoms with Crippen LogP contribution in [0.1, 0.15) is 71.9 Å². The number of β-amino-alcohol motifs (C(OH)–C–C–N with tert-alkyl or cyclic N) is 1. The van der Waals surface area contributed by atoms with Gasteiger partial charge < -0.3 is 25.5 Å². The van der Waals surface area contributed by atoms with Gasteiger partial charge in [0.2, 0.25) is 17.7 Å². The minimum atomic E-state index is -0.836. The van der Waals surface area contributed by atoms with Crippen molar-refractivity contribution in [2.75, 3.05) is 32.7 Å². The van der Waals surface area contributed by atoms with Crippen LogP contribution in [-0.2, 0) is 19.8 Å². The molecule has 8 nitrogen and oxygen atoms in total. The molecule has 3 aromatic rings. The van der Waals surface area contributed by atoms with E-state index in [4.69, 9.17) is 0 Å². The first kappa shape index (κ1) is 33.9. The van der Waals surface area contributed by atoms with Gasteiger partial charge in [-0.25, -0.2) is 0 Å². The van der Waals surface area contributed by atoms with Gasteiger partial charge in [0.15, 0.2) is 0 Å². The number of hydrogen-bond donors (Lipinski definition) is 3. The Labute approximate surface area is 284 Å². The van der Waals surface area contributed by atoms with E-state index >= 15 is 0 Å². The van der Waals surface area contributed by atoms with E-state index in [0.717, 1.165) is 65.7 Å². The highest BCUT2D eigenvalue weighted by molar-refractivity contribution is 5.93. The average Bonchev–Trinajstić information content (AvgIpc) is 3.75. The van der Waals surface area contributed by atoms with E-state index in [0.29, 0.717) is 25.4 Å². The summed E-state index contributed by atoms with van der Waals surface area (Å²) in [7, 11) is 0. The quantitative estimate of drug-likeness (QED) is 0.298. The Kier molecular flexibility index (Phi) is 10.3. The van der Waals surface area contributed by atoms with E-state index < -0.39 is 23.6 Å². The number of amides is 3. The molecule has 0 unspecified atom stereocenters. The molecule has 0 saturated carbocycles. The minimum absolute atomic E-state index is 0.0814. The molecule has 3 fully saturated rings. The Morgan fingerprint density at radius 2 is 1.35 bits per heavy atom. The molecule has 3 aliphatic rings. The van der Waals surface area contributed by atoms with Crippen LogP contribution in [0.2, 0.25) is 0 Å². The Morgan fingerprint density at radius 3 is 1.88 bits per heavy atom. The number of aliphatic hydroxyl groups excluding tert-OH is 1. The van der Waals surface area contributed by atoms with Crippen molar-refractivity contribution in [3.63, 3.8) is 0 Å². The zero-order valence-corrected chi connectivity index (χ0v) is 28.6. The Balaban J connectivity index is 1.30. The van der Waals surface area contributed by atoms with E-state index in [1.165, 1.54) is 0 Å². The van der Waals surface area contributed by atoms with Crippen molar-refractivity contribution in [3.05, 3.63) is 106 Å². The summed E-state index contributed by atoms with van der Waals surface area (Å²) in [5, 5.41) is 17.4. The molecular formula is C40H50N4O4. The van der Waals surface area contributed by atoms with Crippen molar-refractivity contribution in [2.24, 2.45) is 5.92 Å². The second kappa shape index (κ2) is 14.6. The zero-order chi connectivity index (χ0) is 33.8. The number of nitrogens with zero attached hydrogens (tertiary/aromatic N) is 2. The van der Waals surface area contributed by atoms with Crippen molar-refractivity contribution in [2.45, 2.75) is 82.9 Å². The molecule has 0 spiro atoms. The van der Waals surface area contributed by atoms with Crippen molar-refractivity contribution in [1.82, 2.24) is 20.4 Å². The first-order valence-electron chi connectivity index (χ1n) is 17.6. The summed E-state index contributed by atoms with van der Waals surface area (Å²) < 4.78 is 0. The molecule has 4 atom stereocenters. The lowest BCUT2D eigenvalue weighted by molar-refractivity contribution is -0.146. The van der Waals surface area contributed by atoms with E-state index in [1.54, 1.807) is 9.80 Å². The second-order valence-electron chi connectivity index (χ2n) is 14.3. The van der Waals surface area contributed by atoms with Crippen LogP contribution in [0, 0.1) is 26.7 Å². The van der Waals surface area contributed by atoms with Crippen LogP contribution in [0.5, 0.6) is 0 Å². The maximum atomic E-state index is 14.7. The molecule has 3 N–H and O–H groups in total. The number of benzene rings is 3. The highest BCUT2D eigenvalue weighted by Gasteiger charge is 2.47. The molecule has 3 saturated heterocycles. The van der Waals surface area contributed by atoms with Gasteiger partial charge >= 0.3 is 0 Å². The van der Waals surface area contributed by atoms with Gasteiger partial charge in [0.1, 0.15) is 12.1 Å². The fourth-order valence-corrected chi connectivity index (χ4v) is 7.93. The van der Waals surface area contributed by atoms with Gasteiger partial charge in [0.05, 0.1) is 11.5 Å². The summed E-state index contributed by atoms with van der Waals surface area (Å²) in [6.45, 7) is 9.20. The second-order valence-corrected chi connectivity index (χ2v) is 14.3. The molecule has 8 heteroatoms. The van der Waals surface area contributed by atoms with E-state index in [-0.39, 0.29) is 37.1 Å². The predicted molar refractivity (Wildman–Crippen MR) is 187 cm³/mol. The molecule has 3 aliphatic heterocycles. The Morgan fingerprint density at radius 1 is 0.792 bits per heavy atom. The first-order chi connectivity index (χ1) is 23.2. The summed E-state index contributed by atoms with van der Waals surface area (Å²) in [5.41, 5.74) is 5.50. The van der Waals surface area contributed by atoms with Crippen molar-refractivity contribution < 1.29 is 19.5 Å². The van der Waals surface area contributed by atoms with Gasteiger partial charge in [-0.2, -0.15) is 0 Å². The minimum Gasteiger partial charge on any atom is -0.391 e. The van der Waals surface area contributed by atoms with Gasteiger partial charge in [-0.1, -0.05) is 89.5 Å². The van der Waals surface area contributed by atoms with Crippen molar-refractivity contribution >= 4 is 17.7 Å². The van der Waals surface area contributed by atoms with Crippen molar-refractivity contribution in [3.8, 4) is 0 Å². The van der Waals surface area contributed by atoms with Crippen LogP contribution in [0.25, 0.3) is 0 Å². The Hall–Kier alpha value is -4.01. The molecule has 0 radical (unpaired) electrons. The fourth-order valence-electron chi connectivity index (χ4n) is 7.93. The number of carbonyl (C=O) groups is 3. The number of aryl methyl sites for hydroxylation is 3. The summed E-state index contributed by atoms with van der Waals surface area (Å²) in [5.74, 6) is -0.178. The van der Waals surface area contributed by atoms with E-state index in [1.807, 2.05) is 0 Å². The number of aliphatic hydroxyl groups is 1. The average molecular weight is 651 g/mol. The third-order valence-electron chi connectivity index (χ3n) is 10.7. The van der Waals surface area contributed by atoms with Gasteiger partial charge in [-0.05, 0) is 82.2 Å². The van der Waals surface area contributed by atoms with Crippen LogP contribution in [0.15, 0.2) is 72.8 Å². The highest BCUT2D eigenvalue weighted by Crippen LogP contribution is 2.44. The smallest absolute Gasteiger partial charge is 0.246 e. The highest BCUT2D eigenvalue weighted by atomic mass is 16.3. The lowest BCUT2D eigenvalue weighted by Crippen LogP contribution is -2.54. The molecule has 0 bridgehead atoms. The molecule has 6 rings (SSSR count). The van der Waals surface area contributed by atoms with E-state index in [9.17, 15) is 19.5 Å². The molecule has 48 heavy (non-hydrogen) atoms. The normalized spacial score (nSPS) is 22.9. The Bertz CT molecular complexity index is 1470. The number of nitrogens with one attached hydrogen (secondary N) is 2. The lowest BCUT2D eigenvalue weighted by atomic mass is 9.66. The first-order valence-corrected chi connectivity index (χ1v) is 17.6. The zero-order valence-electron chi connectivity index (χ0n) is 28.6. The SMILES string of the molecule is Cc1ccc(C(CC(=O)N2C[C@H](O)C[C@H]2C(=O)N2CCC[C@@H]2C(=O)NC[C@H]2CCCNC2)(c2ccc(C)cc2)c2ccc(C)cc2)cc1. The number of carbonyl (C=O) groups excluding carboxylic acids is 3. The van der Waals surface area contributed by atoms with E-state index in [2.05, 4.69) is 104 Å². The van der Waals surface area contributed by atoms with Gasteiger partial charge in [0.25, 0.3) is 0 Å². The molecule has 254 valence electrons. The van der Waals surface area contributed by atoms with Crippen LogP contribution < -0.4 is 10.6 Å². The summed E-state index contributed by atoms with van der Waals surface area (Å²) in [6, 6.07) is 23.7. The van der Waals surface area contributed by atoms with Gasteiger partial charge in [0, 0.05) is 32.5 Å². The molecule has 3 heterocycles. The topological polar surface area (TPSA) is 102 Å². The monoisotopic (exact) mass is 650 g/mol. The predicted octanol–water partition coefficient (Wildman–Crippen LogP) is 4.40. The third-order valence-corrected chi connectivity index (χ3v) is 10.7. The summed E-state index contributed by atoms with van der Waals surface area (Å²) >= 11 is 0.